The average Bonchev–Trinajstić information content (AvgIpc) is 3.24. The second-order valence-corrected chi connectivity index (χ2v) is 5.79. The molecule has 7 heteroatoms. The van der Waals surface area contributed by atoms with E-state index in [1.165, 1.54) is 0 Å². The number of nitrogens with zero attached hydrogens (tertiary/aromatic N) is 4. The predicted octanol–water partition coefficient (Wildman–Crippen LogP) is 2.49. The van der Waals surface area contributed by atoms with E-state index in [2.05, 4.69) is 10.2 Å². The number of amides is 1. The summed E-state index contributed by atoms with van der Waals surface area (Å²) in [5, 5.41) is 7.91. The first kappa shape index (κ1) is 16.9. The molecule has 3 rings (SSSR count). The lowest BCUT2D eigenvalue weighted by Gasteiger charge is -2.18. The zero-order valence-electron chi connectivity index (χ0n) is 14.5. The van der Waals surface area contributed by atoms with Gasteiger partial charge in [-0.1, -0.05) is 6.07 Å². The smallest absolute Gasteiger partial charge is 0.253 e. The van der Waals surface area contributed by atoms with Crippen LogP contribution < -0.4 is 0 Å². The van der Waals surface area contributed by atoms with Gasteiger partial charge in [0, 0.05) is 44.2 Å². The van der Waals surface area contributed by atoms with Crippen molar-refractivity contribution in [2.45, 2.75) is 13.2 Å². The van der Waals surface area contributed by atoms with Crippen LogP contribution in [0.25, 0.3) is 11.5 Å². The van der Waals surface area contributed by atoms with Crippen molar-refractivity contribution in [1.82, 2.24) is 19.7 Å². The van der Waals surface area contributed by atoms with Crippen LogP contribution in [0.4, 0.5) is 0 Å². The molecule has 0 unspecified atom stereocenters. The van der Waals surface area contributed by atoms with Crippen LogP contribution in [-0.4, -0.2) is 39.7 Å². The largest absolute Gasteiger partial charge is 0.418 e. The number of methoxy groups -OCH3 is 1. The fourth-order valence-corrected chi connectivity index (χ4v) is 2.53. The van der Waals surface area contributed by atoms with Crippen molar-refractivity contribution in [3.63, 3.8) is 0 Å². The molecule has 0 N–H and O–H groups in total. The van der Waals surface area contributed by atoms with E-state index >= 15 is 0 Å². The Hall–Kier alpha value is -2.93. The van der Waals surface area contributed by atoms with Gasteiger partial charge in [0.2, 0.25) is 11.8 Å². The average molecular weight is 340 g/mol. The Labute approximate surface area is 145 Å². The van der Waals surface area contributed by atoms with Gasteiger partial charge in [0.25, 0.3) is 5.91 Å². The number of hydrogen-bond acceptors (Lipinski definition) is 5. The number of benzene rings is 1. The molecule has 0 aliphatic carbocycles. The molecule has 1 aromatic carbocycles. The fourth-order valence-electron chi connectivity index (χ4n) is 2.53. The van der Waals surface area contributed by atoms with Gasteiger partial charge in [0.05, 0.1) is 6.54 Å². The lowest BCUT2D eigenvalue weighted by Crippen LogP contribution is -2.27. The molecule has 0 saturated heterocycles. The van der Waals surface area contributed by atoms with Crippen LogP contribution in [0.1, 0.15) is 21.9 Å². The van der Waals surface area contributed by atoms with Crippen molar-refractivity contribution in [1.29, 1.82) is 0 Å². The highest BCUT2D eigenvalue weighted by molar-refractivity contribution is 5.95. The molecule has 0 atom stereocenters. The number of aryl methyl sites for hydroxylation is 1. The van der Waals surface area contributed by atoms with Crippen LogP contribution >= 0.6 is 0 Å². The molecule has 0 fully saturated rings. The summed E-state index contributed by atoms with van der Waals surface area (Å²) in [5.74, 6) is 0.696. The number of ether oxygens (including phenoxy) is 1. The number of carbonyl (C=O) groups excluding carboxylic acids is 1. The Morgan fingerprint density at radius 1 is 1.28 bits per heavy atom. The van der Waals surface area contributed by atoms with E-state index in [0.717, 1.165) is 5.69 Å². The molecule has 0 aliphatic rings. The quantitative estimate of drug-likeness (QED) is 0.689. The first-order valence-corrected chi connectivity index (χ1v) is 7.86. The molecule has 25 heavy (non-hydrogen) atoms. The van der Waals surface area contributed by atoms with Gasteiger partial charge in [-0.2, -0.15) is 0 Å². The van der Waals surface area contributed by atoms with Gasteiger partial charge in [-0.25, -0.2) is 0 Å². The SMILES string of the molecule is COCc1nnc(-c2cccc(C(=O)N(C)Cc3cccn3C)c2)o1. The summed E-state index contributed by atoms with van der Waals surface area (Å²) < 4.78 is 12.5. The van der Waals surface area contributed by atoms with Crippen molar-refractivity contribution < 1.29 is 13.9 Å². The summed E-state index contributed by atoms with van der Waals surface area (Å²) in [5.41, 5.74) is 2.33. The van der Waals surface area contributed by atoms with Crippen LogP contribution in [0.15, 0.2) is 47.0 Å². The van der Waals surface area contributed by atoms with Gasteiger partial charge < -0.3 is 18.6 Å². The summed E-state index contributed by atoms with van der Waals surface area (Å²) in [6.07, 6.45) is 1.96. The van der Waals surface area contributed by atoms with E-state index < -0.39 is 0 Å². The maximum absolute atomic E-state index is 12.7. The van der Waals surface area contributed by atoms with Gasteiger partial charge in [-0.15, -0.1) is 10.2 Å². The van der Waals surface area contributed by atoms with E-state index in [9.17, 15) is 4.79 Å². The minimum atomic E-state index is -0.0697. The molecule has 0 saturated carbocycles. The number of aromatic nitrogens is 3. The van der Waals surface area contributed by atoms with Crippen LogP contribution in [0.2, 0.25) is 0 Å². The Morgan fingerprint density at radius 3 is 2.84 bits per heavy atom. The molecule has 0 radical (unpaired) electrons. The highest BCUT2D eigenvalue weighted by Gasteiger charge is 2.15. The van der Waals surface area contributed by atoms with Crippen molar-refractivity contribution in [2.75, 3.05) is 14.2 Å². The molecule has 0 spiro atoms. The lowest BCUT2D eigenvalue weighted by molar-refractivity contribution is 0.0782. The minimum Gasteiger partial charge on any atom is -0.418 e. The number of rotatable bonds is 6. The van der Waals surface area contributed by atoms with E-state index in [1.807, 2.05) is 36.0 Å². The monoisotopic (exact) mass is 340 g/mol. The molecule has 0 aliphatic heterocycles. The zero-order chi connectivity index (χ0) is 17.8. The second kappa shape index (κ2) is 7.31. The molecule has 130 valence electrons. The minimum absolute atomic E-state index is 0.0697. The van der Waals surface area contributed by atoms with Gasteiger partial charge in [0.1, 0.15) is 6.61 Å². The Bertz CT molecular complexity index is 869. The van der Waals surface area contributed by atoms with Crippen LogP contribution in [0.5, 0.6) is 0 Å². The van der Waals surface area contributed by atoms with Gasteiger partial charge in [-0.3, -0.25) is 4.79 Å². The van der Waals surface area contributed by atoms with E-state index in [1.54, 1.807) is 37.3 Å². The van der Waals surface area contributed by atoms with E-state index in [4.69, 9.17) is 9.15 Å². The van der Waals surface area contributed by atoms with Crippen molar-refractivity contribution in [3.8, 4) is 11.5 Å². The molecule has 2 heterocycles. The maximum atomic E-state index is 12.7. The lowest BCUT2D eigenvalue weighted by atomic mass is 10.1. The van der Waals surface area contributed by atoms with Crippen molar-refractivity contribution >= 4 is 5.91 Å². The molecule has 0 bridgehead atoms. The van der Waals surface area contributed by atoms with Crippen molar-refractivity contribution in [2.24, 2.45) is 7.05 Å². The van der Waals surface area contributed by atoms with Gasteiger partial charge in [-0.05, 0) is 30.3 Å². The molecule has 3 aromatic rings. The van der Waals surface area contributed by atoms with Crippen LogP contribution in [-0.2, 0) is 24.9 Å². The summed E-state index contributed by atoms with van der Waals surface area (Å²) in [7, 11) is 5.30. The highest BCUT2D eigenvalue weighted by atomic mass is 16.5. The van der Waals surface area contributed by atoms with Crippen LogP contribution in [0, 0.1) is 0 Å². The topological polar surface area (TPSA) is 73.4 Å². The Morgan fingerprint density at radius 2 is 2.12 bits per heavy atom. The Balaban J connectivity index is 1.77. The molecular weight excluding hydrogens is 320 g/mol. The van der Waals surface area contributed by atoms with Gasteiger partial charge >= 0.3 is 0 Å². The summed E-state index contributed by atoms with van der Waals surface area (Å²) in [6, 6.07) is 11.1. The molecule has 7 nitrogen and oxygen atoms in total. The van der Waals surface area contributed by atoms with Gasteiger partial charge in [0.15, 0.2) is 0 Å². The predicted molar refractivity (Wildman–Crippen MR) is 91.7 cm³/mol. The third kappa shape index (κ3) is 3.77. The zero-order valence-corrected chi connectivity index (χ0v) is 14.5. The first-order chi connectivity index (χ1) is 12.1. The standard InChI is InChI=1S/C18H20N4O3/c1-21-9-5-8-15(21)11-22(2)18(23)14-7-4-6-13(10-14)17-20-19-16(25-17)12-24-3/h4-10H,11-12H2,1-3H3. The molecular formula is C18H20N4O3. The summed E-state index contributed by atoms with van der Waals surface area (Å²) in [6.45, 7) is 0.788. The highest BCUT2D eigenvalue weighted by Crippen LogP contribution is 2.20. The fraction of sp³-hybridized carbons (Fsp3) is 0.278. The van der Waals surface area contributed by atoms with E-state index in [0.29, 0.717) is 29.5 Å². The molecule has 2 aromatic heterocycles. The normalized spacial score (nSPS) is 10.8. The maximum Gasteiger partial charge on any atom is 0.253 e. The van der Waals surface area contributed by atoms with E-state index in [-0.39, 0.29) is 12.5 Å². The number of carbonyl (C=O) groups is 1. The summed E-state index contributed by atoms with van der Waals surface area (Å²) in [4.78, 5) is 14.4. The number of hydrogen-bond donors (Lipinski definition) is 0. The third-order valence-electron chi connectivity index (χ3n) is 3.89. The first-order valence-electron chi connectivity index (χ1n) is 7.86. The third-order valence-corrected chi connectivity index (χ3v) is 3.89. The Kier molecular flexibility index (Phi) is 4.95. The van der Waals surface area contributed by atoms with Crippen molar-refractivity contribution in [3.05, 3.63) is 59.7 Å². The van der Waals surface area contributed by atoms with Crippen LogP contribution in [0.3, 0.4) is 0 Å². The molecule has 1 amide bonds. The summed E-state index contributed by atoms with van der Waals surface area (Å²) >= 11 is 0. The second-order valence-electron chi connectivity index (χ2n) is 5.79.